The smallest absolute Gasteiger partial charge is 0.344 e. The van der Waals surface area contributed by atoms with Crippen LogP contribution in [-0.2, 0) is 14.3 Å². The van der Waals surface area contributed by atoms with Crippen LogP contribution >= 0.6 is 0 Å². The average Bonchev–Trinajstić information content (AvgIpc) is 2.64. The van der Waals surface area contributed by atoms with E-state index in [2.05, 4.69) is 10.6 Å². The lowest BCUT2D eigenvalue weighted by molar-refractivity contribution is -0.150. The van der Waals surface area contributed by atoms with Crippen LogP contribution in [0, 0.1) is 0 Å². The number of hydrogen-bond acceptors (Lipinski definition) is 5. The van der Waals surface area contributed by atoms with Gasteiger partial charge in [-0.15, -0.1) is 0 Å². The molecule has 7 nitrogen and oxygen atoms in total. The summed E-state index contributed by atoms with van der Waals surface area (Å²) >= 11 is 0. The van der Waals surface area contributed by atoms with Crippen molar-refractivity contribution in [3.63, 3.8) is 0 Å². The Labute approximate surface area is 151 Å². The summed E-state index contributed by atoms with van der Waals surface area (Å²) in [5.41, 5.74) is 0. The number of benzene rings is 2. The second-order valence-electron chi connectivity index (χ2n) is 5.62. The molecule has 2 aromatic rings. The lowest BCUT2D eigenvalue weighted by Gasteiger charge is -2.08. The van der Waals surface area contributed by atoms with Crippen LogP contribution in [0.3, 0.4) is 0 Å². The molecule has 7 heteroatoms. The number of imide groups is 1. The first-order chi connectivity index (χ1) is 12.6. The predicted octanol–water partition coefficient (Wildman–Crippen LogP) is 2.39. The van der Waals surface area contributed by atoms with Crippen molar-refractivity contribution < 1.29 is 23.9 Å². The third kappa shape index (κ3) is 6.43. The lowest BCUT2D eigenvalue weighted by Crippen LogP contribution is -2.41. The molecule has 0 fully saturated rings. The minimum absolute atomic E-state index is 0.325. The van der Waals surface area contributed by atoms with E-state index < -0.39 is 24.5 Å². The number of hydrogen-bond donors (Lipinski definition) is 2. The van der Waals surface area contributed by atoms with Crippen LogP contribution in [0.25, 0.3) is 10.8 Å². The summed E-state index contributed by atoms with van der Waals surface area (Å²) in [6, 6.07) is 12.6. The molecule has 2 N–H and O–H groups in total. The quantitative estimate of drug-likeness (QED) is 0.558. The Kier molecular flexibility index (Phi) is 7.42. The lowest BCUT2D eigenvalue weighted by atomic mass is 10.1. The Balaban J connectivity index is 1.69. The summed E-state index contributed by atoms with van der Waals surface area (Å²) < 4.78 is 10.2. The van der Waals surface area contributed by atoms with E-state index in [-0.39, 0.29) is 6.61 Å². The number of nitrogens with one attached hydrogen (secondary N) is 2. The first kappa shape index (κ1) is 19.2. The van der Waals surface area contributed by atoms with Crippen LogP contribution in [0.1, 0.15) is 19.8 Å². The molecule has 0 saturated carbocycles. The fourth-order valence-electron chi connectivity index (χ4n) is 2.17. The Morgan fingerprint density at radius 2 is 1.77 bits per heavy atom. The van der Waals surface area contributed by atoms with Crippen LogP contribution in [-0.4, -0.2) is 37.7 Å². The van der Waals surface area contributed by atoms with E-state index in [0.29, 0.717) is 12.3 Å². The molecule has 26 heavy (non-hydrogen) atoms. The maximum atomic E-state index is 11.7. The van der Waals surface area contributed by atoms with Gasteiger partial charge in [0.05, 0.1) is 0 Å². The minimum atomic E-state index is -0.696. The van der Waals surface area contributed by atoms with Crippen molar-refractivity contribution in [3.05, 3.63) is 42.5 Å². The van der Waals surface area contributed by atoms with Gasteiger partial charge >= 0.3 is 12.0 Å². The monoisotopic (exact) mass is 358 g/mol. The largest absolute Gasteiger partial charge is 0.482 e. The number of carbonyl (C=O) groups is 3. The van der Waals surface area contributed by atoms with Crippen molar-refractivity contribution in [2.75, 3.05) is 19.8 Å². The van der Waals surface area contributed by atoms with Gasteiger partial charge in [0, 0.05) is 6.54 Å². The third-order valence-corrected chi connectivity index (χ3v) is 3.51. The summed E-state index contributed by atoms with van der Waals surface area (Å²) in [7, 11) is 0. The number of urea groups is 1. The van der Waals surface area contributed by atoms with Crippen LogP contribution in [0.2, 0.25) is 0 Å². The van der Waals surface area contributed by atoms with Gasteiger partial charge in [0.25, 0.3) is 5.91 Å². The molecule has 0 heterocycles. The molecule has 138 valence electrons. The number of esters is 1. The molecule has 0 aromatic heterocycles. The van der Waals surface area contributed by atoms with Crippen LogP contribution in [0.4, 0.5) is 4.79 Å². The van der Waals surface area contributed by atoms with Gasteiger partial charge in [-0.3, -0.25) is 10.1 Å². The van der Waals surface area contributed by atoms with Gasteiger partial charge in [0.2, 0.25) is 0 Å². The maximum Gasteiger partial charge on any atom is 0.344 e. The second-order valence-corrected chi connectivity index (χ2v) is 5.62. The molecule has 3 amide bonds. The standard InChI is InChI=1S/C19H22N2O5/c1-2-3-10-20-19(24)21-17(22)12-26-18(23)13-25-16-9-8-14-6-4-5-7-15(14)11-16/h4-9,11H,2-3,10,12-13H2,1H3,(H2,20,21,22,24). The van der Waals surface area contributed by atoms with Crippen LogP contribution < -0.4 is 15.4 Å². The van der Waals surface area contributed by atoms with Gasteiger partial charge in [-0.25, -0.2) is 9.59 Å². The number of carbonyl (C=O) groups excluding carboxylic acids is 3. The van der Waals surface area contributed by atoms with Gasteiger partial charge in [0.1, 0.15) is 5.75 Å². The summed E-state index contributed by atoms with van der Waals surface area (Å²) in [5.74, 6) is -0.863. The van der Waals surface area contributed by atoms with E-state index in [1.54, 1.807) is 6.07 Å². The highest BCUT2D eigenvalue weighted by Crippen LogP contribution is 2.20. The zero-order chi connectivity index (χ0) is 18.8. The molecule has 2 rings (SSSR count). The van der Waals surface area contributed by atoms with Crippen molar-refractivity contribution in [2.45, 2.75) is 19.8 Å². The zero-order valence-electron chi connectivity index (χ0n) is 14.6. The number of rotatable bonds is 8. The maximum absolute atomic E-state index is 11.7. The molecule has 0 radical (unpaired) electrons. The third-order valence-electron chi connectivity index (χ3n) is 3.51. The van der Waals surface area contributed by atoms with Crippen molar-refractivity contribution in [1.82, 2.24) is 10.6 Å². The van der Waals surface area contributed by atoms with Gasteiger partial charge in [0.15, 0.2) is 13.2 Å². The fraction of sp³-hybridized carbons (Fsp3) is 0.316. The summed E-state index contributed by atoms with van der Waals surface area (Å²) in [6.45, 7) is 1.61. The summed E-state index contributed by atoms with van der Waals surface area (Å²) in [4.78, 5) is 34.6. The van der Waals surface area contributed by atoms with E-state index in [1.807, 2.05) is 43.3 Å². The summed E-state index contributed by atoms with van der Waals surface area (Å²) in [6.07, 6.45) is 1.76. The van der Waals surface area contributed by atoms with Gasteiger partial charge in [-0.2, -0.15) is 0 Å². The first-order valence-corrected chi connectivity index (χ1v) is 8.43. The van der Waals surface area contributed by atoms with Crippen LogP contribution in [0.5, 0.6) is 5.75 Å². The SMILES string of the molecule is CCCCNC(=O)NC(=O)COC(=O)COc1ccc2ccccc2c1. The molecule has 0 saturated heterocycles. The Morgan fingerprint density at radius 1 is 1.00 bits per heavy atom. The van der Waals surface area contributed by atoms with E-state index in [0.717, 1.165) is 23.6 Å². The van der Waals surface area contributed by atoms with Crippen molar-refractivity contribution >= 4 is 28.7 Å². The van der Waals surface area contributed by atoms with Gasteiger partial charge in [-0.1, -0.05) is 43.7 Å². The van der Waals surface area contributed by atoms with Crippen molar-refractivity contribution in [2.24, 2.45) is 0 Å². The van der Waals surface area contributed by atoms with Gasteiger partial charge in [-0.05, 0) is 29.3 Å². The molecule has 0 bridgehead atoms. The molecule has 2 aromatic carbocycles. The Morgan fingerprint density at radius 3 is 2.54 bits per heavy atom. The fourth-order valence-corrected chi connectivity index (χ4v) is 2.17. The highest BCUT2D eigenvalue weighted by atomic mass is 16.6. The number of unbranched alkanes of at least 4 members (excludes halogenated alkanes) is 1. The summed E-state index contributed by atoms with van der Waals surface area (Å²) in [5, 5.41) is 6.67. The van der Waals surface area contributed by atoms with Gasteiger partial charge < -0.3 is 14.8 Å². The molecule has 0 unspecified atom stereocenters. The minimum Gasteiger partial charge on any atom is -0.482 e. The molecule has 0 atom stereocenters. The molecule has 0 aliphatic carbocycles. The van der Waals surface area contributed by atoms with Crippen molar-refractivity contribution in [3.8, 4) is 5.75 Å². The molecule has 0 spiro atoms. The normalized spacial score (nSPS) is 10.2. The van der Waals surface area contributed by atoms with E-state index in [4.69, 9.17) is 9.47 Å². The molecular weight excluding hydrogens is 336 g/mol. The number of amides is 3. The highest BCUT2D eigenvalue weighted by molar-refractivity contribution is 5.95. The number of fused-ring (bicyclic) bond motifs is 1. The topological polar surface area (TPSA) is 93.7 Å². The average molecular weight is 358 g/mol. The first-order valence-electron chi connectivity index (χ1n) is 8.43. The van der Waals surface area contributed by atoms with E-state index in [1.165, 1.54) is 0 Å². The highest BCUT2D eigenvalue weighted by Gasteiger charge is 2.11. The molecular formula is C19H22N2O5. The zero-order valence-corrected chi connectivity index (χ0v) is 14.6. The Hall–Kier alpha value is -3.09. The van der Waals surface area contributed by atoms with Crippen molar-refractivity contribution in [1.29, 1.82) is 0 Å². The van der Waals surface area contributed by atoms with E-state index in [9.17, 15) is 14.4 Å². The second kappa shape index (κ2) is 10.0. The Bertz CT molecular complexity index is 775. The number of ether oxygens (including phenoxy) is 2. The molecule has 0 aliphatic heterocycles. The van der Waals surface area contributed by atoms with E-state index >= 15 is 0 Å². The van der Waals surface area contributed by atoms with Crippen LogP contribution in [0.15, 0.2) is 42.5 Å². The predicted molar refractivity (Wildman–Crippen MR) is 96.9 cm³/mol. The molecule has 0 aliphatic rings.